The molecule has 0 bridgehead atoms. The molecule has 3 rings (SSSR count). The number of carbonyl (C=O) groups excluding carboxylic acids is 2. The SMILES string of the molecule is COC(=O)[C@@H]1C[C@](C(=O)OC)([S@@](=O)c2ccc(C)cc2)[C@H](c2ccccc2)N1. The third kappa shape index (κ3) is 3.47. The Kier molecular flexibility index (Phi) is 5.96. The molecule has 2 aromatic carbocycles. The van der Waals surface area contributed by atoms with Crippen LogP contribution in [0.4, 0.5) is 0 Å². The Morgan fingerprint density at radius 2 is 1.68 bits per heavy atom. The minimum absolute atomic E-state index is 0.00634. The first-order valence-corrected chi connectivity index (χ1v) is 10.0. The Morgan fingerprint density at radius 1 is 1.04 bits per heavy atom. The van der Waals surface area contributed by atoms with Gasteiger partial charge in [-0.3, -0.25) is 19.1 Å². The summed E-state index contributed by atoms with van der Waals surface area (Å²) in [5.41, 5.74) is 1.77. The van der Waals surface area contributed by atoms with E-state index in [1.165, 1.54) is 14.2 Å². The van der Waals surface area contributed by atoms with Gasteiger partial charge >= 0.3 is 11.9 Å². The zero-order valence-corrected chi connectivity index (χ0v) is 16.8. The first-order chi connectivity index (χ1) is 13.4. The normalized spacial score (nSPS) is 25.1. The van der Waals surface area contributed by atoms with Crippen LogP contribution < -0.4 is 5.32 Å². The Balaban J connectivity index is 2.16. The van der Waals surface area contributed by atoms with Crippen molar-refractivity contribution in [3.63, 3.8) is 0 Å². The van der Waals surface area contributed by atoms with Crippen molar-refractivity contribution < 1.29 is 23.3 Å². The van der Waals surface area contributed by atoms with Crippen LogP contribution in [-0.2, 0) is 29.9 Å². The fourth-order valence-electron chi connectivity index (χ4n) is 3.62. The summed E-state index contributed by atoms with van der Waals surface area (Å²) in [5, 5.41) is 3.16. The second-order valence-corrected chi connectivity index (χ2v) is 8.49. The number of ether oxygens (including phenoxy) is 2. The van der Waals surface area contributed by atoms with Crippen molar-refractivity contribution >= 4 is 22.7 Å². The maximum atomic E-state index is 13.7. The standard InChI is InChI=1S/C21H23NO5S/c1-14-9-11-16(12-10-14)28(25)21(20(24)27-3)13-17(19(23)26-2)22-18(21)15-7-5-4-6-8-15/h4-12,17-18,22H,13H2,1-3H3/t17-,18-,21-,28-/m0/s1. The van der Waals surface area contributed by atoms with E-state index in [0.29, 0.717) is 4.90 Å². The Morgan fingerprint density at radius 3 is 2.25 bits per heavy atom. The van der Waals surface area contributed by atoms with E-state index < -0.39 is 39.6 Å². The summed E-state index contributed by atoms with van der Waals surface area (Å²) in [6, 6.07) is 14.9. The van der Waals surface area contributed by atoms with Crippen LogP contribution in [0.25, 0.3) is 0 Å². The molecule has 1 aliphatic rings. The van der Waals surface area contributed by atoms with E-state index in [0.717, 1.165) is 11.1 Å². The highest BCUT2D eigenvalue weighted by molar-refractivity contribution is 7.87. The number of nitrogens with one attached hydrogen (secondary N) is 1. The lowest BCUT2D eigenvalue weighted by atomic mass is 9.92. The van der Waals surface area contributed by atoms with Crippen molar-refractivity contribution in [2.24, 2.45) is 0 Å². The number of carbonyl (C=O) groups is 2. The van der Waals surface area contributed by atoms with Gasteiger partial charge in [-0.25, -0.2) is 0 Å². The van der Waals surface area contributed by atoms with Crippen molar-refractivity contribution in [2.75, 3.05) is 14.2 Å². The number of rotatable bonds is 5. The van der Waals surface area contributed by atoms with Gasteiger partial charge in [0.2, 0.25) is 0 Å². The van der Waals surface area contributed by atoms with E-state index in [1.807, 2.05) is 49.4 Å². The van der Waals surface area contributed by atoms with Gasteiger partial charge in [-0.15, -0.1) is 0 Å². The first kappa shape index (κ1) is 20.2. The minimum atomic E-state index is -1.77. The molecule has 0 saturated carbocycles. The average molecular weight is 401 g/mol. The highest BCUT2D eigenvalue weighted by Crippen LogP contribution is 2.44. The Hall–Kier alpha value is -2.51. The lowest BCUT2D eigenvalue weighted by Crippen LogP contribution is -2.48. The van der Waals surface area contributed by atoms with Gasteiger partial charge in [0.15, 0.2) is 4.75 Å². The zero-order chi connectivity index (χ0) is 20.3. The van der Waals surface area contributed by atoms with Gasteiger partial charge in [0.25, 0.3) is 0 Å². The topological polar surface area (TPSA) is 81.7 Å². The third-order valence-electron chi connectivity index (χ3n) is 5.06. The predicted octanol–water partition coefficient (Wildman–Crippen LogP) is 2.29. The van der Waals surface area contributed by atoms with Crippen LogP contribution in [-0.4, -0.2) is 41.2 Å². The molecule has 1 heterocycles. The van der Waals surface area contributed by atoms with E-state index in [1.54, 1.807) is 12.1 Å². The second kappa shape index (κ2) is 8.24. The molecule has 148 valence electrons. The van der Waals surface area contributed by atoms with Crippen LogP contribution in [0.15, 0.2) is 59.5 Å². The van der Waals surface area contributed by atoms with Crippen molar-refractivity contribution in [3.05, 3.63) is 65.7 Å². The van der Waals surface area contributed by atoms with E-state index in [4.69, 9.17) is 9.47 Å². The minimum Gasteiger partial charge on any atom is -0.468 e. The van der Waals surface area contributed by atoms with E-state index in [2.05, 4.69) is 5.32 Å². The molecule has 6 nitrogen and oxygen atoms in total. The molecule has 1 N–H and O–H groups in total. The summed E-state index contributed by atoms with van der Waals surface area (Å²) in [5.74, 6) is -1.13. The van der Waals surface area contributed by atoms with Crippen LogP contribution in [0.2, 0.25) is 0 Å². The molecule has 7 heteroatoms. The molecule has 4 atom stereocenters. The number of hydrogen-bond donors (Lipinski definition) is 1. The highest BCUT2D eigenvalue weighted by atomic mass is 32.2. The lowest BCUT2D eigenvalue weighted by Gasteiger charge is -2.31. The molecule has 0 aromatic heterocycles. The van der Waals surface area contributed by atoms with Gasteiger partial charge in [-0.1, -0.05) is 48.0 Å². The van der Waals surface area contributed by atoms with Gasteiger partial charge in [-0.05, 0) is 24.6 Å². The Labute approximate surface area is 166 Å². The summed E-state index contributed by atoms with van der Waals surface area (Å²) in [6.07, 6.45) is 0.00634. The monoisotopic (exact) mass is 401 g/mol. The molecule has 1 saturated heterocycles. The van der Waals surface area contributed by atoms with Crippen LogP contribution in [0, 0.1) is 6.92 Å². The average Bonchev–Trinajstić information content (AvgIpc) is 3.15. The molecule has 28 heavy (non-hydrogen) atoms. The number of esters is 2. The number of methoxy groups -OCH3 is 2. The molecule has 0 radical (unpaired) electrons. The van der Waals surface area contributed by atoms with E-state index in [9.17, 15) is 13.8 Å². The number of aryl methyl sites for hydroxylation is 1. The van der Waals surface area contributed by atoms with Crippen molar-refractivity contribution in [1.82, 2.24) is 5.32 Å². The fourth-order valence-corrected chi connectivity index (χ4v) is 5.40. The quantitative estimate of drug-likeness (QED) is 0.775. The smallest absolute Gasteiger partial charge is 0.327 e. The molecular formula is C21H23NO5S. The summed E-state index contributed by atoms with van der Waals surface area (Å²) in [6.45, 7) is 1.93. The van der Waals surface area contributed by atoms with Crippen LogP contribution in [0.5, 0.6) is 0 Å². The second-order valence-electron chi connectivity index (χ2n) is 6.75. The molecule has 2 aromatic rings. The largest absolute Gasteiger partial charge is 0.468 e. The van der Waals surface area contributed by atoms with E-state index in [-0.39, 0.29) is 6.42 Å². The van der Waals surface area contributed by atoms with Gasteiger partial charge < -0.3 is 9.47 Å². The maximum absolute atomic E-state index is 13.7. The number of hydrogen-bond acceptors (Lipinski definition) is 6. The molecule has 0 amide bonds. The molecule has 0 aliphatic carbocycles. The van der Waals surface area contributed by atoms with Gasteiger partial charge in [0.05, 0.1) is 31.1 Å². The predicted molar refractivity (Wildman–Crippen MR) is 105 cm³/mol. The van der Waals surface area contributed by atoms with Crippen LogP contribution in [0.1, 0.15) is 23.6 Å². The van der Waals surface area contributed by atoms with Crippen molar-refractivity contribution in [1.29, 1.82) is 0 Å². The fraction of sp³-hybridized carbons (Fsp3) is 0.333. The summed E-state index contributed by atoms with van der Waals surface area (Å²) in [4.78, 5) is 25.8. The van der Waals surface area contributed by atoms with Crippen LogP contribution in [0.3, 0.4) is 0 Å². The zero-order valence-electron chi connectivity index (χ0n) is 16.0. The Bertz CT molecular complexity index is 883. The maximum Gasteiger partial charge on any atom is 0.327 e. The van der Waals surface area contributed by atoms with Crippen molar-refractivity contribution in [3.8, 4) is 0 Å². The summed E-state index contributed by atoms with van der Waals surface area (Å²) < 4.78 is 22.2. The molecule has 1 aliphatic heterocycles. The first-order valence-electron chi connectivity index (χ1n) is 8.90. The van der Waals surface area contributed by atoms with E-state index >= 15 is 0 Å². The molecule has 1 fully saturated rings. The summed E-state index contributed by atoms with van der Waals surface area (Å²) in [7, 11) is 0.786. The highest BCUT2D eigenvalue weighted by Gasteiger charge is 2.60. The molecule has 0 unspecified atom stereocenters. The van der Waals surface area contributed by atoms with Crippen molar-refractivity contribution in [2.45, 2.75) is 35.1 Å². The summed E-state index contributed by atoms with van der Waals surface area (Å²) >= 11 is 0. The van der Waals surface area contributed by atoms with Gasteiger partial charge in [0.1, 0.15) is 6.04 Å². The lowest BCUT2D eigenvalue weighted by molar-refractivity contribution is -0.144. The van der Waals surface area contributed by atoms with Gasteiger partial charge in [0, 0.05) is 11.3 Å². The number of benzene rings is 2. The molecular weight excluding hydrogens is 378 g/mol. The van der Waals surface area contributed by atoms with Crippen LogP contribution >= 0.6 is 0 Å². The van der Waals surface area contributed by atoms with Gasteiger partial charge in [-0.2, -0.15) is 0 Å². The molecule has 0 spiro atoms. The third-order valence-corrected chi connectivity index (χ3v) is 6.99.